The van der Waals surface area contributed by atoms with Crippen molar-refractivity contribution in [3.8, 4) is 17.1 Å². The molecular formula is C13H15N3O2. The number of methoxy groups -OCH3 is 1. The Morgan fingerprint density at radius 3 is 2.72 bits per heavy atom. The van der Waals surface area contributed by atoms with Gasteiger partial charge in [0, 0.05) is 25.0 Å². The Hall–Kier alpha value is -2.30. The Morgan fingerprint density at radius 2 is 2.11 bits per heavy atom. The molecule has 5 heteroatoms. The van der Waals surface area contributed by atoms with Crippen molar-refractivity contribution in [3.63, 3.8) is 0 Å². The van der Waals surface area contributed by atoms with E-state index in [1.807, 2.05) is 24.3 Å². The van der Waals surface area contributed by atoms with E-state index >= 15 is 0 Å². The molecule has 0 spiro atoms. The van der Waals surface area contributed by atoms with Crippen molar-refractivity contribution >= 4 is 5.91 Å². The van der Waals surface area contributed by atoms with E-state index in [4.69, 9.17) is 4.74 Å². The number of aromatic nitrogens is 2. The standard InChI is InChI=1S/C13H15N3O2/c1-14-12(17)9-16-8-7-15-13(16)10-3-5-11(18-2)6-4-10/h3-8H,9H2,1-2H3,(H,14,17). The van der Waals surface area contributed by atoms with Crippen molar-refractivity contribution in [1.82, 2.24) is 14.9 Å². The molecule has 1 aromatic carbocycles. The predicted octanol–water partition coefficient (Wildman–Crippen LogP) is 1.30. The molecule has 0 aliphatic heterocycles. The fourth-order valence-electron chi connectivity index (χ4n) is 1.67. The van der Waals surface area contributed by atoms with Crippen LogP contribution >= 0.6 is 0 Å². The van der Waals surface area contributed by atoms with Crippen molar-refractivity contribution < 1.29 is 9.53 Å². The molecule has 5 nitrogen and oxygen atoms in total. The van der Waals surface area contributed by atoms with Gasteiger partial charge in [-0.1, -0.05) is 0 Å². The van der Waals surface area contributed by atoms with Gasteiger partial charge in [0.1, 0.15) is 18.1 Å². The number of benzene rings is 1. The van der Waals surface area contributed by atoms with Crippen LogP contribution in [0.25, 0.3) is 11.4 Å². The minimum absolute atomic E-state index is 0.0530. The zero-order valence-electron chi connectivity index (χ0n) is 10.4. The number of nitrogens with one attached hydrogen (secondary N) is 1. The van der Waals surface area contributed by atoms with Gasteiger partial charge < -0.3 is 14.6 Å². The number of carbonyl (C=O) groups excluding carboxylic acids is 1. The van der Waals surface area contributed by atoms with Crippen LogP contribution in [-0.4, -0.2) is 29.6 Å². The van der Waals surface area contributed by atoms with E-state index in [1.54, 1.807) is 31.1 Å². The van der Waals surface area contributed by atoms with E-state index in [1.165, 1.54) is 0 Å². The van der Waals surface area contributed by atoms with Crippen molar-refractivity contribution in [2.75, 3.05) is 14.2 Å². The summed E-state index contributed by atoms with van der Waals surface area (Å²) in [4.78, 5) is 15.7. The molecule has 0 fully saturated rings. The summed E-state index contributed by atoms with van der Waals surface area (Å²) < 4.78 is 6.91. The van der Waals surface area contributed by atoms with Crippen molar-refractivity contribution in [2.24, 2.45) is 0 Å². The zero-order valence-corrected chi connectivity index (χ0v) is 10.4. The van der Waals surface area contributed by atoms with Gasteiger partial charge in [-0.2, -0.15) is 0 Å². The lowest BCUT2D eigenvalue weighted by molar-refractivity contribution is -0.121. The molecule has 1 heterocycles. The molecule has 1 N–H and O–H groups in total. The first-order valence-electron chi connectivity index (χ1n) is 5.60. The van der Waals surface area contributed by atoms with E-state index in [-0.39, 0.29) is 12.5 Å². The highest BCUT2D eigenvalue weighted by molar-refractivity contribution is 5.76. The van der Waals surface area contributed by atoms with Crippen LogP contribution in [0.2, 0.25) is 0 Å². The topological polar surface area (TPSA) is 56.2 Å². The average Bonchev–Trinajstić information content (AvgIpc) is 2.86. The summed E-state index contributed by atoms with van der Waals surface area (Å²) in [6.45, 7) is 0.262. The molecule has 0 radical (unpaired) electrons. The third kappa shape index (κ3) is 2.51. The summed E-state index contributed by atoms with van der Waals surface area (Å²) in [5.74, 6) is 1.51. The van der Waals surface area contributed by atoms with Crippen LogP contribution in [0.4, 0.5) is 0 Å². The first-order valence-corrected chi connectivity index (χ1v) is 5.60. The quantitative estimate of drug-likeness (QED) is 0.883. The Labute approximate surface area is 105 Å². The summed E-state index contributed by atoms with van der Waals surface area (Å²) in [6, 6.07) is 7.57. The van der Waals surface area contributed by atoms with Crippen LogP contribution in [0, 0.1) is 0 Å². The number of carbonyl (C=O) groups is 1. The van der Waals surface area contributed by atoms with Gasteiger partial charge in [0.05, 0.1) is 7.11 Å². The zero-order chi connectivity index (χ0) is 13.0. The van der Waals surface area contributed by atoms with Crippen LogP contribution in [0.1, 0.15) is 0 Å². The van der Waals surface area contributed by atoms with E-state index in [9.17, 15) is 4.79 Å². The number of hydrogen-bond acceptors (Lipinski definition) is 3. The molecular weight excluding hydrogens is 230 g/mol. The second-order valence-electron chi connectivity index (χ2n) is 3.78. The molecule has 0 atom stereocenters. The number of likely N-dealkylation sites (N-methyl/N-ethyl adjacent to an activating group) is 1. The van der Waals surface area contributed by atoms with Crippen molar-refractivity contribution in [1.29, 1.82) is 0 Å². The molecule has 2 aromatic rings. The summed E-state index contributed by atoms with van der Waals surface area (Å²) in [5, 5.41) is 2.59. The molecule has 1 aromatic heterocycles. The fraction of sp³-hybridized carbons (Fsp3) is 0.231. The molecule has 0 aliphatic rings. The summed E-state index contributed by atoms with van der Waals surface area (Å²) >= 11 is 0. The molecule has 94 valence electrons. The highest BCUT2D eigenvalue weighted by Crippen LogP contribution is 2.20. The smallest absolute Gasteiger partial charge is 0.239 e. The van der Waals surface area contributed by atoms with E-state index in [0.29, 0.717) is 0 Å². The van der Waals surface area contributed by atoms with Crippen molar-refractivity contribution in [3.05, 3.63) is 36.7 Å². The second-order valence-corrected chi connectivity index (χ2v) is 3.78. The SMILES string of the molecule is CNC(=O)Cn1ccnc1-c1ccc(OC)cc1. The number of amides is 1. The normalized spacial score (nSPS) is 10.1. The van der Waals surface area contributed by atoms with Gasteiger partial charge in [-0.05, 0) is 24.3 Å². The van der Waals surface area contributed by atoms with Crippen LogP contribution < -0.4 is 10.1 Å². The molecule has 2 rings (SSSR count). The van der Waals surface area contributed by atoms with E-state index < -0.39 is 0 Å². The first-order chi connectivity index (χ1) is 8.74. The third-order valence-electron chi connectivity index (χ3n) is 2.66. The minimum atomic E-state index is -0.0530. The van der Waals surface area contributed by atoms with Gasteiger partial charge in [-0.25, -0.2) is 4.98 Å². The van der Waals surface area contributed by atoms with Crippen LogP contribution in [0.3, 0.4) is 0 Å². The average molecular weight is 245 g/mol. The lowest BCUT2D eigenvalue weighted by Gasteiger charge is -2.07. The summed E-state index contributed by atoms with van der Waals surface area (Å²) in [5.41, 5.74) is 0.949. The van der Waals surface area contributed by atoms with Crippen molar-refractivity contribution in [2.45, 2.75) is 6.54 Å². The van der Waals surface area contributed by atoms with Gasteiger partial charge in [-0.15, -0.1) is 0 Å². The number of imidazole rings is 1. The molecule has 0 saturated carbocycles. The Morgan fingerprint density at radius 1 is 1.39 bits per heavy atom. The van der Waals surface area contributed by atoms with Gasteiger partial charge in [0.2, 0.25) is 5.91 Å². The fourth-order valence-corrected chi connectivity index (χ4v) is 1.67. The number of ether oxygens (including phenoxy) is 1. The van der Waals surface area contributed by atoms with Gasteiger partial charge in [0.25, 0.3) is 0 Å². The number of hydrogen-bond donors (Lipinski definition) is 1. The molecule has 18 heavy (non-hydrogen) atoms. The molecule has 0 unspecified atom stereocenters. The van der Waals surface area contributed by atoms with Gasteiger partial charge >= 0.3 is 0 Å². The Kier molecular flexibility index (Phi) is 3.62. The molecule has 0 aliphatic carbocycles. The van der Waals surface area contributed by atoms with Crippen LogP contribution in [0.5, 0.6) is 5.75 Å². The van der Waals surface area contributed by atoms with E-state index in [0.717, 1.165) is 17.1 Å². The van der Waals surface area contributed by atoms with Gasteiger partial charge in [0.15, 0.2) is 0 Å². The highest BCUT2D eigenvalue weighted by atomic mass is 16.5. The highest BCUT2D eigenvalue weighted by Gasteiger charge is 2.08. The molecule has 0 saturated heterocycles. The molecule has 1 amide bonds. The second kappa shape index (κ2) is 5.35. The minimum Gasteiger partial charge on any atom is -0.497 e. The Balaban J connectivity index is 2.27. The number of rotatable bonds is 4. The van der Waals surface area contributed by atoms with Crippen LogP contribution in [0.15, 0.2) is 36.7 Å². The number of nitrogens with zero attached hydrogens (tertiary/aromatic N) is 2. The van der Waals surface area contributed by atoms with Crippen LogP contribution in [-0.2, 0) is 11.3 Å². The lowest BCUT2D eigenvalue weighted by Crippen LogP contribution is -2.23. The summed E-state index contributed by atoms with van der Waals surface area (Å²) in [7, 11) is 3.24. The maximum absolute atomic E-state index is 11.4. The summed E-state index contributed by atoms with van der Waals surface area (Å²) in [6.07, 6.45) is 3.47. The molecule has 0 bridgehead atoms. The lowest BCUT2D eigenvalue weighted by atomic mass is 10.2. The maximum Gasteiger partial charge on any atom is 0.239 e. The monoisotopic (exact) mass is 245 g/mol. The third-order valence-corrected chi connectivity index (χ3v) is 2.66. The first kappa shape index (κ1) is 12.2. The maximum atomic E-state index is 11.4. The Bertz CT molecular complexity index is 531. The predicted molar refractivity (Wildman–Crippen MR) is 68.3 cm³/mol. The van der Waals surface area contributed by atoms with E-state index in [2.05, 4.69) is 10.3 Å². The largest absolute Gasteiger partial charge is 0.497 e. The van der Waals surface area contributed by atoms with Gasteiger partial charge in [-0.3, -0.25) is 4.79 Å².